The van der Waals surface area contributed by atoms with E-state index in [0.29, 0.717) is 23.9 Å². The highest BCUT2D eigenvalue weighted by molar-refractivity contribution is 7.99. The molecule has 1 atom stereocenters. The van der Waals surface area contributed by atoms with Gasteiger partial charge in [-0.3, -0.25) is 0 Å². The van der Waals surface area contributed by atoms with Gasteiger partial charge in [-0.05, 0) is 50.8 Å². The fraction of sp³-hybridized carbons (Fsp3) is 0.714. The molecular weight excluding hydrogens is 306 g/mol. The standard InChI is InChI=1S/C14H25N3O2S2/c1-11(2)17-9-14(6-13(17)8-15-3)21(18,19)16-7-12-4-5-20-10-12/h6,9,11-12,15-16H,4-5,7-8,10H2,1-3H3. The van der Waals surface area contributed by atoms with Gasteiger partial charge in [0.2, 0.25) is 10.0 Å². The van der Waals surface area contributed by atoms with Crippen LogP contribution in [0.2, 0.25) is 0 Å². The van der Waals surface area contributed by atoms with E-state index in [0.717, 1.165) is 23.6 Å². The molecule has 2 N–H and O–H groups in total. The summed E-state index contributed by atoms with van der Waals surface area (Å²) in [6, 6.07) is 2.01. The number of nitrogens with one attached hydrogen (secondary N) is 2. The molecular formula is C14H25N3O2S2. The van der Waals surface area contributed by atoms with Gasteiger partial charge in [0.15, 0.2) is 0 Å². The zero-order chi connectivity index (χ0) is 15.5. The fourth-order valence-corrected chi connectivity index (χ4v) is 4.95. The lowest BCUT2D eigenvalue weighted by atomic mass is 10.1. The van der Waals surface area contributed by atoms with Crippen molar-refractivity contribution in [3.63, 3.8) is 0 Å². The maximum atomic E-state index is 12.4. The van der Waals surface area contributed by atoms with Gasteiger partial charge in [0.25, 0.3) is 0 Å². The molecule has 0 spiro atoms. The molecule has 1 fully saturated rings. The van der Waals surface area contributed by atoms with E-state index in [-0.39, 0.29) is 6.04 Å². The van der Waals surface area contributed by atoms with Crippen LogP contribution in [0, 0.1) is 5.92 Å². The van der Waals surface area contributed by atoms with E-state index >= 15 is 0 Å². The lowest BCUT2D eigenvalue weighted by Gasteiger charge is -2.12. The van der Waals surface area contributed by atoms with Gasteiger partial charge in [-0.1, -0.05) is 0 Å². The van der Waals surface area contributed by atoms with Crippen molar-refractivity contribution in [2.45, 2.75) is 37.8 Å². The van der Waals surface area contributed by atoms with Crippen LogP contribution >= 0.6 is 11.8 Å². The maximum absolute atomic E-state index is 12.4. The van der Waals surface area contributed by atoms with Gasteiger partial charge in [-0.2, -0.15) is 11.8 Å². The Kier molecular flexibility index (Phi) is 5.76. The van der Waals surface area contributed by atoms with Crippen molar-refractivity contribution in [1.82, 2.24) is 14.6 Å². The fourth-order valence-electron chi connectivity index (χ4n) is 2.50. The molecule has 2 heterocycles. The summed E-state index contributed by atoms with van der Waals surface area (Å²) in [7, 11) is -1.55. The first kappa shape index (κ1) is 16.9. The van der Waals surface area contributed by atoms with E-state index in [2.05, 4.69) is 23.9 Å². The molecule has 7 heteroatoms. The molecule has 0 aliphatic carbocycles. The smallest absolute Gasteiger partial charge is 0.242 e. The predicted molar refractivity (Wildman–Crippen MR) is 88.2 cm³/mol. The summed E-state index contributed by atoms with van der Waals surface area (Å²) in [5, 5.41) is 3.08. The van der Waals surface area contributed by atoms with E-state index in [9.17, 15) is 8.42 Å². The molecule has 0 saturated carbocycles. The van der Waals surface area contributed by atoms with Crippen LogP contribution in [0.25, 0.3) is 0 Å². The van der Waals surface area contributed by atoms with Gasteiger partial charge >= 0.3 is 0 Å². The summed E-state index contributed by atoms with van der Waals surface area (Å²) in [6.07, 6.45) is 2.84. The summed E-state index contributed by atoms with van der Waals surface area (Å²) in [5.41, 5.74) is 0.990. The number of sulfonamides is 1. The number of aromatic nitrogens is 1. The molecule has 0 bridgehead atoms. The van der Waals surface area contributed by atoms with Gasteiger partial charge in [-0.25, -0.2) is 13.1 Å². The molecule has 5 nitrogen and oxygen atoms in total. The Labute approximate surface area is 131 Å². The third-order valence-electron chi connectivity index (χ3n) is 3.72. The Morgan fingerprint density at radius 3 is 2.81 bits per heavy atom. The van der Waals surface area contributed by atoms with Crippen LogP contribution in [0.3, 0.4) is 0 Å². The molecule has 0 radical (unpaired) electrons. The molecule has 21 heavy (non-hydrogen) atoms. The molecule has 0 aromatic carbocycles. The van der Waals surface area contributed by atoms with Crippen molar-refractivity contribution in [2.24, 2.45) is 5.92 Å². The minimum absolute atomic E-state index is 0.239. The van der Waals surface area contributed by atoms with E-state index in [1.54, 1.807) is 12.3 Å². The molecule has 1 aliphatic rings. The van der Waals surface area contributed by atoms with Crippen molar-refractivity contribution in [3.05, 3.63) is 18.0 Å². The highest BCUT2D eigenvalue weighted by Crippen LogP contribution is 2.24. The lowest BCUT2D eigenvalue weighted by molar-refractivity contribution is 0.544. The Bertz CT molecular complexity index is 561. The average Bonchev–Trinajstić information content (AvgIpc) is 3.06. The Morgan fingerprint density at radius 1 is 1.48 bits per heavy atom. The van der Waals surface area contributed by atoms with E-state index in [1.165, 1.54) is 0 Å². The first-order valence-electron chi connectivity index (χ1n) is 7.37. The average molecular weight is 332 g/mol. The van der Waals surface area contributed by atoms with Gasteiger partial charge < -0.3 is 9.88 Å². The normalized spacial score (nSPS) is 19.5. The highest BCUT2D eigenvalue weighted by atomic mass is 32.2. The number of thioether (sulfide) groups is 1. The Hall–Kier alpha value is -0.500. The summed E-state index contributed by atoms with van der Waals surface area (Å²) in [5.74, 6) is 2.66. The first-order valence-corrected chi connectivity index (χ1v) is 10.0. The third-order valence-corrected chi connectivity index (χ3v) is 6.34. The van der Waals surface area contributed by atoms with Crippen LogP contribution in [-0.4, -0.2) is 38.1 Å². The van der Waals surface area contributed by atoms with E-state index in [4.69, 9.17) is 0 Å². The van der Waals surface area contributed by atoms with Gasteiger partial charge in [0.1, 0.15) is 0 Å². The van der Waals surface area contributed by atoms with Gasteiger partial charge in [-0.15, -0.1) is 0 Å². The molecule has 1 unspecified atom stereocenters. The second-order valence-corrected chi connectivity index (χ2v) is 8.70. The number of rotatable bonds is 7. The van der Waals surface area contributed by atoms with Crippen molar-refractivity contribution < 1.29 is 8.42 Å². The molecule has 120 valence electrons. The maximum Gasteiger partial charge on any atom is 0.242 e. The lowest BCUT2D eigenvalue weighted by Crippen LogP contribution is -2.29. The van der Waals surface area contributed by atoms with Crippen LogP contribution in [0.1, 0.15) is 32.0 Å². The topological polar surface area (TPSA) is 63.1 Å². The minimum Gasteiger partial charge on any atom is -0.346 e. The molecule has 1 saturated heterocycles. The summed E-state index contributed by atoms with van der Waals surface area (Å²) in [4.78, 5) is 0.368. The molecule has 1 aliphatic heterocycles. The quantitative estimate of drug-likeness (QED) is 0.800. The monoisotopic (exact) mass is 331 g/mol. The van der Waals surface area contributed by atoms with Crippen LogP contribution in [-0.2, 0) is 16.6 Å². The van der Waals surface area contributed by atoms with Crippen LogP contribution in [0.4, 0.5) is 0 Å². The Morgan fingerprint density at radius 2 is 2.24 bits per heavy atom. The first-order chi connectivity index (χ1) is 9.94. The highest BCUT2D eigenvalue weighted by Gasteiger charge is 2.22. The number of hydrogen-bond acceptors (Lipinski definition) is 4. The second kappa shape index (κ2) is 7.17. The second-order valence-electron chi connectivity index (χ2n) is 5.78. The molecule has 1 aromatic heterocycles. The zero-order valence-corrected chi connectivity index (χ0v) is 14.6. The van der Waals surface area contributed by atoms with Crippen molar-refractivity contribution in [1.29, 1.82) is 0 Å². The summed E-state index contributed by atoms with van der Waals surface area (Å²) >= 11 is 1.90. The molecule has 0 amide bonds. The molecule has 2 rings (SSSR count). The predicted octanol–water partition coefficient (Wildman–Crippen LogP) is 1.82. The van der Waals surface area contributed by atoms with Gasteiger partial charge in [0, 0.05) is 31.0 Å². The minimum atomic E-state index is -3.41. The third kappa shape index (κ3) is 4.25. The number of nitrogens with zero attached hydrogens (tertiary/aromatic N) is 1. The van der Waals surface area contributed by atoms with Crippen molar-refractivity contribution in [3.8, 4) is 0 Å². The van der Waals surface area contributed by atoms with Crippen molar-refractivity contribution in [2.75, 3.05) is 25.1 Å². The summed E-state index contributed by atoms with van der Waals surface area (Å²) < 4.78 is 29.6. The van der Waals surface area contributed by atoms with Gasteiger partial charge in [0.05, 0.1) is 4.90 Å². The largest absolute Gasteiger partial charge is 0.346 e. The van der Waals surface area contributed by atoms with Crippen molar-refractivity contribution >= 4 is 21.8 Å². The van der Waals surface area contributed by atoms with Crippen LogP contribution < -0.4 is 10.0 Å². The zero-order valence-electron chi connectivity index (χ0n) is 12.9. The molecule has 1 aromatic rings. The number of hydrogen-bond donors (Lipinski definition) is 2. The summed E-state index contributed by atoms with van der Waals surface area (Å²) in [6.45, 7) is 5.31. The van der Waals surface area contributed by atoms with Crippen LogP contribution in [0.15, 0.2) is 17.2 Å². The van der Waals surface area contributed by atoms with E-state index < -0.39 is 10.0 Å². The van der Waals surface area contributed by atoms with E-state index in [1.807, 2.05) is 23.4 Å². The SMILES string of the molecule is CNCc1cc(S(=O)(=O)NCC2CCSC2)cn1C(C)C. The van der Waals surface area contributed by atoms with Crippen LogP contribution in [0.5, 0.6) is 0 Å². The Balaban J connectivity index is 2.12.